The van der Waals surface area contributed by atoms with Gasteiger partial charge in [0.25, 0.3) is 11.6 Å². The Bertz CT molecular complexity index is 1630. The third-order valence-electron chi connectivity index (χ3n) is 5.65. The van der Waals surface area contributed by atoms with E-state index in [-0.39, 0.29) is 23.0 Å². The van der Waals surface area contributed by atoms with Gasteiger partial charge in [0.1, 0.15) is 16.9 Å². The van der Waals surface area contributed by atoms with Crippen molar-refractivity contribution in [2.45, 2.75) is 6.42 Å². The number of hydrogen-bond donors (Lipinski definition) is 2. The number of nitrogens with one attached hydrogen (secondary N) is 1. The van der Waals surface area contributed by atoms with Crippen LogP contribution in [0, 0.1) is 10.1 Å². The minimum Gasteiger partial charge on any atom is -0.383 e. The lowest BCUT2D eigenvalue weighted by molar-refractivity contribution is -0.384. The molecule has 0 saturated heterocycles. The van der Waals surface area contributed by atoms with Crippen LogP contribution in [-0.4, -0.2) is 38.2 Å². The Morgan fingerprint density at radius 1 is 1.03 bits per heavy atom. The van der Waals surface area contributed by atoms with Crippen molar-refractivity contribution in [2.75, 3.05) is 12.3 Å². The van der Waals surface area contributed by atoms with Gasteiger partial charge in [-0.15, -0.1) is 0 Å². The largest absolute Gasteiger partial charge is 0.383 e. The Morgan fingerprint density at radius 2 is 1.75 bits per heavy atom. The highest BCUT2D eigenvalue weighted by Crippen LogP contribution is 2.28. The number of carbonyl (C=O) groups is 1. The number of fused-ring (bicyclic) bond motifs is 2. The van der Waals surface area contributed by atoms with Gasteiger partial charge in [-0.3, -0.25) is 14.9 Å². The summed E-state index contributed by atoms with van der Waals surface area (Å²) in [7, 11) is 0. The molecule has 3 aromatic carbocycles. The van der Waals surface area contributed by atoms with E-state index >= 15 is 0 Å². The van der Waals surface area contributed by atoms with Gasteiger partial charge in [0.2, 0.25) is 0 Å². The fourth-order valence-electron chi connectivity index (χ4n) is 3.88. The smallest absolute Gasteiger partial charge is 0.270 e. The average Bonchev–Trinajstić information content (AvgIpc) is 3.16. The maximum Gasteiger partial charge on any atom is 0.270 e. The number of nitrogens with zero attached hydrogens (tertiary/aromatic N) is 5. The molecule has 10 nitrogen and oxygen atoms in total. The molecule has 36 heavy (non-hydrogen) atoms. The molecule has 10 heteroatoms. The zero-order chi connectivity index (χ0) is 25.1. The Hall–Kier alpha value is -5.12. The third-order valence-corrected chi connectivity index (χ3v) is 5.65. The van der Waals surface area contributed by atoms with Gasteiger partial charge in [0.15, 0.2) is 5.65 Å². The number of aromatic nitrogens is 3. The summed E-state index contributed by atoms with van der Waals surface area (Å²) in [5.41, 5.74) is 9.96. The highest BCUT2D eigenvalue weighted by atomic mass is 16.6. The number of nitro benzene ring substituents is 1. The molecule has 5 aromatic rings. The minimum absolute atomic E-state index is 0.0615. The lowest BCUT2D eigenvalue weighted by Crippen LogP contribution is -2.26. The number of rotatable bonds is 7. The summed E-state index contributed by atoms with van der Waals surface area (Å²) in [4.78, 5) is 33.1. The van der Waals surface area contributed by atoms with E-state index in [2.05, 4.69) is 20.4 Å². The number of nitrogens with two attached hydrogens (primary N) is 1. The summed E-state index contributed by atoms with van der Waals surface area (Å²) in [6.07, 6.45) is 2.08. The first-order chi connectivity index (χ1) is 17.5. The normalized spacial score (nSPS) is 11.3. The van der Waals surface area contributed by atoms with Crippen LogP contribution in [-0.2, 0) is 6.42 Å². The quantitative estimate of drug-likeness (QED) is 0.206. The van der Waals surface area contributed by atoms with E-state index in [1.165, 1.54) is 23.0 Å². The molecular weight excluding hydrogens is 458 g/mol. The summed E-state index contributed by atoms with van der Waals surface area (Å²) in [6, 6.07) is 23.1. The Labute approximate surface area is 205 Å². The maximum atomic E-state index is 13.2. The number of amides is 1. The zero-order valence-corrected chi connectivity index (χ0v) is 19.0. The fraction of sp³-hybridized carbons (Fsp3) is 0.0769. The third kappa shape index (κ3) is 4.47. The molecule has 0 spiro atoms. The second-order valence-corrected chi connectivity index (χ2v) is 8.04. The van der Waals surface area contributed by atoms with Crippen molar-refractivity contribution in [1.29, 1.82) is 0 Å². The monoisotopic (exact) mass is 479 g/mol. The van der Waals surface area contributed by atoms with Crippen molar-refractivity contribution in [3.63, 3.8) is 0 Å². The molecule has 0 radical (unpaired) electrons. The minimum atomic E-state index is -0.480. The van der Waals surface area contributed by atoms with Crippen LogP contribution < -0.4 is 11.1 Å². The van der Waals surface area contributed by atoms with Crippen LogP contribution in [0.4, 0.5) is 11.5 Å². The predicted octanol–water partition coefficient (Wildman–Crippen LogP) is 3.93. The molecular formula is C26H21N7O3. The summed E-state index contributed by atoms with van der Waals surface area (Å²) in [5, 5.41) is 18.4. The van der Waals surface area contributed by atoms with Gasteiger partial charge in [0.05, 0.1) is 22.2 Å². The Kier molecular flexibility index (Phi) is 6.06. The van der Waals surface area contributed by atoms with Crippen molar-refractivity contribution in [2.24, 2.45) is 5.10 Å². The first-order valence-corrected chi connectivity index (χ1v) is 11.2. The second kappa shape index (κ2) is 9.63. The second-order valence-electron chi connectivity index (χ2n) is 8.04. The lowest BCUT2D eigenvalue weighted by atomic mass is 10.1. The number of nitro groups is 1. The van der Waals surface area contributed by atoms with Crippen molar-refractivity contribution >= 4 is 45.8 Å². The van der Waals surface area contributed by atoms with Crippen molar-refractivity contribution in [3.05, 3.63) is 106 Å². The molecule has 5 rings (SSSR count). The molecule has 1 amide bonds. The van der Waals surface area contributed by atoms with Crippen molar-refractivity contribution in [1.82, 2.24) is 20.0 Å². The molecule has 2 heterocycles. The highest BCUT2D eigenvalue weighted by Gasteiger charge is 2.24. The molecule has 0 aliphatic carbocycles. The first kappa shape index (κ1) is 22.7. The van der Waals surface area contributed by atoms with E-state index in [0.717, 1.165) is 5.56 Å². The lowest BCUT2D eigenvalue weighted by Gasteiger charge is -2.05. The van der Waals surface area contributed by atoms with Crippen LogP contribution in [0.5, 0.6) is 0 Å². The van der Waals surface area contributed by atoms with E-state index in [4.69, 9.17) is 5.73 Å². The van der Waals surface area contributed by atoms with E-state index in [9.17, 15) is 14.9 Å². The van der Waals surface area contributed by atoms with E-state index < -0.39 is 4.92 Å². The van der Waals surface area contributed by atoms with Gasteiger partial charge in [0, 0.05) is 24.2 Å². The molecule has 2 aromatic heterocycles. The van der Waals surface area contributed by atoms with Crippen LogP contribution >= 0.6 is 0 Å². The van der Waals surface area contributed by atoms with Crippen molar-refractivity contribution in [3.8, 4) is 0 Å². The van der Waals surface area contributed by atoms with Gasteiger partial charge in [-0.25, -0.2) is 9.97 Å². The topological polar surface area (TPSA) is 141 Å². The van der Waals surface area contributed by atoms with Gasteiger partial charge in [-0.1, -0.05) is 54.6 Å². The zero-order valence-electron chi connectivity index (χ0n) is 19.0. The summed E-state index contributed by atoms with van der Waals surface area (Å²) in [6.45, 7) is 0.410. The van der Waals surface area contributed by atoms with Gasteiger partial charge < -0.3 is 11.1 Å². The molecule has 0 aliphatic heterocycles. The van der Waals surface area contributed by atoms with Gasteiger partial charge in [-0.2, -0.15) is 9.78 Å². The van der Waals surface area contributed by atoms with E-state index in [0.29, 0.717) is 40.7 Å². The predicted molar refractivity (Wildman–Crippen MR) is 138 cm³/mol. The van der Waals surface area contributed by atoms with Crippen LogP contribution in [0.15, 0.2) is 84.0 Å². The summed E-state index contributed by atoms with van der Waals surface area (Å²) in [5.74, 6) is -0.318. The van der Waals surface area contributed by atoms with Crippen LogP contribution in [0.3, 0.4) is 0 Å². The highest BCUT2D eigenvalue weighted by molar-refractivity contribution is 6.10. The SMILES string of the molecule is Nc1c(C(=O)NCCc2ccccc2)c2nc3ccccc3nc2n1/N=C\c1cccc([N+](=O)[O-])c1. The molecule has 178 valence electrons. The van der Waals surface area contributed by atoms with Crippen LogP contribution in [0.1, 0.15) is 21.5 Å². The standard InChI is InChI=1S/C26H21N7O3/c27-24-22(26(34)28-14-13-17-7-2-1-3-8-17)23-25(31-21-12-5-4-11-20(21)30-23)32(24)29-16-18-9-6-10-19(15-18)33(35)36/h1-12,15-16H,13-14,27H2,(H,28,34)/b29-16-. The molecule has 0 bridgehead atoms. The molecule has 0 atom stereocenters. The molecule has 0 unspecified atom stereocenters. The number of nitrogen functional groups attached to an aromatic ring is 1. The molecule has 0 saturated carbocycles. The Balaban J connectivity index is 1.54. The number of non-ortho nitro benzene ring substituents is 1. The first-order valence-electron chi connectivity index (χ1n) is 11.2. The van der Waals surface area contributed by atoms with Gasteiger partial charge >= 0.3 is 0 Å². The maximum absolute atomic E-state index is 13.2. The molecule has 0 aliphatic rings. The number of anilines is 1. The van der Waals surface area contributed by atoms with E-state index in [1.54, 1.807) is 24.3 Å². The van der Waals surface area contributed by atoms with Crippen molar-refractivity contribution < 1.29 is 9.72 Å². The summed E-state index contributed by atoms with van der Waals surface area (Å²) >= 11 is 0. The van der Waals surface area contributed by atoms with Crippen LogP contribution in [0.25, 0.3) is 22.2 Å². The number of benzene rings is 3. The molecule has 3 N–H and O–H groups in total. The number of carbonyl (C=O) groups excluding carboxylic acids is 1. The van der Waals surface area contributed by atoms with E-state index in [1.807, 2.05) is 42.5 Å². The Morgan fingerprint density at radius 3 is 2.50 bits per heavy atom. The molecule has 0 fully saturated rings. The average molecular weight is 480 g/mol. The fourth-order valence-corrected chi connectivity index (χ4v) is 3.88. The summed E-state index contributed by atoms with van der Waals surface area (Å²) < 4.78 is 1.33. The number of para-hydroxylation sites is 2. The number of hydrogen-bond acceptors (Lipinski definition) is 7. The van der Waals surface area contributed by atoms with Gasteiger partial charge in [-0.05, 0) is 24.1 Å². The van der Waals surface area contributed by atoms with Crippen LogP contribution in [0.2, 0.25) is 0 Å².